The van der Waals surface area contributed by atoms with Crippen LogP contribution in [0.5, 0.6) is 5.75 Å². The van der Waals surface area contributed by atoms with Gasteiger partial charge in [-0.1, -0.05) is 31.2 Å². The van der Waals surface area contributed by atoms with E-state index in [4.69, 9.17) is 4.74 Å². The minimum atomic E-state index is -0.214. The van der Waals surface area contributed by atoms with E-state index >= 15 is 0 Å². The quantitative estimate of drug-likeness (QED) is 0.801. The fourth-order valence-electron chi connectivity index (χ4n) is 2.80. The second-order valence-electron chi connectivity index (χ2n) is 6.31. The van der Waals surface area contributed by atoms with Crippen molar-refractivity contribution >= 4 is 29.3 Å². The monoisotopic (exact) mass is 363 g/mol. The fraction of sp³-hybridized carbons (Fsp3) is 0.190. The molecular formula is C21H21N3O3. The van der Waals surface area contributed by atoms with Crippen LogP contribution in [-0.4, -0.2) is 24.6 Å². The fourth-order valence-corrected chi connectivity index (χ4v) is 2.80. The molecule has 0 bridgehead atoms. The molecule has 2 aromatic rings. The van der Waals surface area contributed by atoms with E-state index in [1.165, 1.54) is 6.08 Å². The topological polar surface area (TPSA) is 79.8 Å². The summed E-state index contributed by atoms with van der Waals surface area (Å²) in [4.78, 5) is 23.4. The number of benzene rings is 2. The van der Waals surface area contributed by atoms with E-state index in [1.807, 2.05) is 55.5 Å². The van der Waals surface area contributed by atoms with E-state index < -0.39 is 0 Å². The summed E-state index contributed by atoms with van der Waals surface area (Å²) in [7, 11) is 1.61. The molecule has 3 rings (SSSR count). The predicted octanol–water partition coefficient (Wildman–Crippen LogP) is 3.21. The second kappa shape index (κ2) is 8.31. The number of amides is 2. The number of carbonyl (C=O) groups excluding carboxylic acids is 2. The molecule has 2 N–H and O–H groups in total. The molecule has 0 spiro atoms. The number of ether oxygens (including phenoxy) is 1. The normalized spacial score (nSPS) is 16.6. The van der Waals surface area contributed by atoms with E-state index in [-0.39, 0.29) is 17.7 Å². The summed E-state index contributed by atoms with van der Waals surface area (Å²) in [5, 5.41) is 6.96. The summed E-state index contributed by atoms with van der Waals surface area (Å²) in [5.41, 5.74) is 5.88. The van der Waals surface area contributed by atoms with Gasteiger partial charge in [-0.05, 0) is 41.5 Å². The number of hydrazone groups is 1. The first-order valence-electron chi connectivity index (χ1n) is 8.65. The highest BCUT2D eigenvalue weighted by Gasteiger charge is 2.21. The molecule has 0 aliphatic carbocycles. The molecule has 6 nitrogen and oxygen atoms in total. The lowest BCUT2D eigenvalue weighted by Crippen LogP contribution is -2.31. The molecule has 27 heavy (non-hydrogen) atoms. The van der Waals surface area contributed by atoms with Crippen LogP contribution in [-0.2, 0) is 9.59 Å². The van der Waals surface area contributed by atoms with E-state index in [0.29, 0.717) is 12.1 Å². The van der Waals surface area contributed by atoms with Gasteiger partial charge in [0.25, 0.3) is 0 Å². The number of hydrogen-bond donors (Lipinski definition) is 2. The average Bonchev–Trinajstić information content (AvgIpc) is 2.68. The maximum atomic E-state index is 12.1. The minimum Gasteiger partial charge on any atom is -0.497 e. The van der Waals surface area contributed by atoms with Gasteiger partial charge in [0.15, 0.2) is 0 Å². The van der Waals surface area contributed by atoms with Gasteiger partial charge in [0.05, 0.1) is 12.8 Å². The van der Waals surface area contributed by atoms with Gasteiger partial charge in [-0.15, -0.1) is 0 Å². The zero-order valence-corrected chi connectivity index (χ0v) is 15.2. The molecule has 0 saturated carbocycles. The molecule has 2 amide bonds. The highest BCUT2D eigenvalue weighted by molar-refractivity contribution is 6.06. The molecular weight excluding hydrogens is 342 g/mol. The van der Waals surface area contributed by atoms with Crippen LogP contribution in [0.1, 0.15) is 24.5 Å². The first-order chi connectivity index (χ1) is 13.0. The molecule has 138 valence electrons. The van der Waals surface area contributed by atoms with E-state index in [2.05, 4.69) is 15.8 Å². The van der Waals surface area contributed by atoms with Crippen molar-refractivity contribution < 1.29 is 14.3 Å². The number of hydrogen-bond acceptors (Lipinski definition) is 4. The van der Waals surface area contributed by atoms with Crippen LogP contribution in [0.3, 0.4) is 0 Å². The van der Waals surface area contributed by atoms with Gasteiger partial charge in [0, 0.05) is 24.1 Å². The lowest BCUT2D eigenvalue weighted by atomic mass is 9.94. The molecule has 0 aromatic heterocycles. The van der Waals surface area contributed by atoms with Crippen LogP contribution in [0.4, 0.5) is 5.69 Å². The average molecular weight is 363 g/mol. The van der Waals surface area contributed by atoms with Gasteiger partial charge in [-0.25, -0.2) is 5.43 Å². The van der Waals surface area contributed by atoms with E-state index in [1.54, 1.807) is 13.2 Å². The van der Waals surface area contributed by atoms with Gasteiger partial charge < -0.3 is 10.1 Å². The molecule has 1 aliphatic rings. The Bertz CT molecular complexity index is 884. The van der Waals surface area contributed by atoms with Crippen LogP contribution in [0, 0.1) is 5.92 Å². The molecule has 0 fully saturated rings. The van der Waals surface area contributed by atoms with Crippen LogP contribution in [0.25, 0.3) is 6.08 Å². The Morgan fingerprint density at radius 2 is 1.89 bits per heavy atom. The largest absolute Gasteiger partial charge is 0.497 e. The van der Waals surface area contributed by atoms with Crippen molar-refractivity contribution in [3.05, 3.63) is 65.7 Å². The Morgan fingerprint density at radius 1 is 1.19 bits per heavy atom. The predicted molar refractivity (Wildman–Crippen MR) is 106 cm³/mol. The Kier molecular flexibility index (Phi) is 5.66. The first kappa shape index (κ1) is 18.4. The van der Waals surface area contributed by atoms with Gasteiger partial charge in [0.2, 0.25) is 11.8 Å². The van der Waals surface area contributed by atoms with Gasteiger partial charge >= 0.3 is 0 Å². The van der Waals surface area contributed by atoms with E-state index in [0.717, 1.165) is 22.6 Å². The third-order valence-electron chi connectivity index (χ3n) is 4.25. The van der Waals surface area contributed by atoms with Gasteiger partial charge in [0.1, 0.15) is 5.75 Å². The summed E-state index contributed by atoms with van der Waals surface area (Å²) in [6, 6.07) is 14.8. The standard InChI is InChI=1S/C21H21N3O3/c1-14-13-20(26)23-24-21(14)16-6-8-17(9-7-16)22-19(25)12-5-15-3-10-18(27-2)11-4-15/h3-12,14H,13H2,1-2H3,(H,22,25)(H,23,26)/b12-5+/t14-/m0/s1. The van der Waals surface area contributed by atoms with E-state index in [9.17, 15) is 9.59 Å². The van der Waals surface area contributed by atoms with Crippen molar-refractivity contribution in [3.8, 4) is 5.75 Å². The number of methoxy groups -OCH3 is 1. The molecule has 6 heteroatoms. The summed E-state index contributed by atoms with van der Waals surface area (Å²) in [5.74, 6) is 0.549. The molecule has 1 atom stereocenters. The van der Waals surface area contributed by atoms with Crippen molar-refractivity contribution in [2.75, 3.05) is 12.4 Å². The van der Waals surface area contributed by atoms with Gasteiger partial charge in [-0.3, -0.25) is 9.59 Å². The third-order valence-corrected chi connectivity index (χ3v) is 4.25. The highest BCUT2D eigenvalue weighted by Crippen LogP contribution is 2.18. The number of rotatable bonds is 5. The SMILES string of the molecule is COc1ccc(/C=C/C(=O)Nc2ccc(C3=NNC(=O)C[C@@H]3C)cc2)cc1. The Morgan fingerprint density at radius 3 is 2.52 bits per heavy atom. The number of nitrogens with one attached hydrogen (secondary N) is 2. The minimum absolute atomic E-state index is 0.0617. The Labute approximate surface area is 157 Å². The zero-order valence-electron chi connectivity index (χ0n) is 15.2. The molecule has 1 aliphatic heterocycles. The molecule has 0 saturated heterocycles. The smallest absolute Gasteiger partial charge is 0.248 e. The number of nitrogens with zero attached hydrogens (tertiary/aromatic N) is 1. The van der Waals surface area contributed by atoms with Crippen molar-refractivity contribution in [1.29, 1.82) is 0 Å². The first-order valence-corrected chi connectivity index (χ1v) is 8.65. The lowest BCUT2D eigenvalue weighted by Gasteiger charge is -2.19. The van der Waals surface area contributed by atoms with Crippen molar-refractivity contribution in [3.63, 3.8) is 0 Å². The molecule has 0 radical (unpaired) electrons. The van der Waals surface area contributed by atoms with Crippen LogP contribution in [0.2, 0.25) is 0 Å². The van der Waals surface area contributed by atoms with Crippen molar-refractivity contribution in [2.45, 2.75) is 13.3 Å². The Hall–Kier alpha value is -3.41. The van der Waals surface area contributed by atoms with Crippen LogP contribution in [0.15, 0.2) is 59.7 Å². The lowest BCUT2D eigenvalue weighted by molar-refractivity contribution is -0.121. The van der Waals surface area contributed by atoms with Crippen molar-refractivity contribution in [2.24, 2.45) is 11.0 Å². The van der Waals surface area contributed by atoms with Crippen LogP contribution < -0.4 is 15.5 Å². The summed E-state index contributed by atoms with van der Waals surface area (Å²) < 4.78 is 5.11. The number of carbonyl (C=O) groups is 2. The highest BCUT2D eigenvalue weighted by atomic mass is 16.5. The van der Waals surface area contributed by atoms with Crippen LogP contribution >= 0.6 is 0 Å². The maximum absolute atomic E-state index is 12.1. The third kappa shape index (κ3) is 4.82. The summed E-state index contributed by atoms with van der Waals surface area (Å²) >= 11 is 0. The number of anilines is 1. The maximum Gasteiger partial charge on any atom is 0.248 e. The molecule has 0 unspecified atom stereocenters. The van der Waals surface area contributed by atoms with Gasteiger partial charge in [-0.2, -0.15) is 5.10 Å². The van der Waals surface area contributed by atoms with Crippen molar-refractivity contribution in [1.82, 2.24) is 5.43 Å². The second-order valence-corrected chi connectivity index (χ2v) is 6.31. The summed E-state index contributed by atoms with van der Waals surface area (Å²) in [6.07, 6.45) is 3.65. The zero-order chi connectivity index (χ0) is 19.2. The molecule has 1 heterocycles. The Balaban J connectivity index is 1.61. The molecule has 2 aromatic carbocycles. The summed E-state index contributed by atoms with van der Waals surface area (Å²) in [6.45, 7) is 1.97.